The highest BCUT2D eigenvalue weighted by atomic mass is 16.5. The van der Waals surface area contributed by atoms with Crippen molar-refractivity contribution in [2.75, 3.05) is 0 Å². The maximum Gasteiger partial charge on any atom is 0.338 e. The largest absolute Gasteiger partial charge is 0.459 e. The molecule has 2 rings (SSSR count). The van der Waals surface area contributed by atoms with Gasteiger partial charge < -0.3 is 4.74 Å². The van der Waals surface area contributed by atoms with Crippen LogP contribution < -0.4 is 0 Å². The van der Waals surface area contributed by atoms with E-state index in [0.29, 0.717) is 5.56 Å². The van der Waals surface area contributed by atoms with E-state index in [1.807, 2.05) is 13.8 Å². The van der Waals surface area contributed by atoms with E-state index in [0.717, 1.165) is 5.69 Å². The Balaban J connectivity index is 2.16. The van der Waals surface area contributed by atoms with Crippen LogP contribution in [0, 0.1) is 0 Å². The molecule has 6 nitrogen and oxygen atoms in total. The van der Waals surface area contributed by atoms with Crippen LogP contribution in [0.2, 0.25) is 0 Å². The van der Waals surface area contributed by atoms with Crippen LogP contribution in [0.15, 0.2) is 30.6 Å². The standard InChI is InChI=1S/C11H12N4O2/c1-8(2)17-11(16)9-3-5-10(6-4-9)15-7-12-13-14-15/h3-8H,1-2H3. The lowest BCUT2D eigenvalue weighted by Crippen LogP contribution is -2.11. The van der Waals surface area contributed by atoms with Crippen molar-refractivity contribution in [3.63, 3.8) is 0 Å². The molecule has 0 saturated heterocycles. The first kappa shape index (κ1) is 11.3. The average molecular weight is 232 g/mol. The van der Waals surface area contributed by atoms with E-state index in [4.69, 9.17) is 4.74 Å². The van der Waals surface area contributed by atoms with E-state index in [1.165, 1.54) is 11.0 Å². The van der Waals surface area contributed by atoms with Crippen molar-refractivity contribution in [2.24, 2.45) is 0 Å². The lowest BCUT2D eigenvalue weighted by molar-refractivity contribution is 0.0378. The molecule has 0 bridgehead atoms. The fourth-order valence-corrected chi connectivity index (χ4v) is 1.31. The number of carbonyl (C=O) groups excluding carboxylic acids is 1. The topological polar surface area (TPSA) is 69.9 Å². The monoisotopic (exact) mass is 232 g/mol. The molecule has 0 aliphatic rings. The number of aromatic nitrogens is 4. The van der Waals surface area contributed by atoms with Gasteiger partial charge in [-0.1, -0.05) is 0 Å². The van der Waals surface area contributed by atoms with Gasteiger partial charge >= 0.3 is 5.97 Å². The first-order chi connectivity index (χ1) is 8.16. The summed E-state index contributed by atoms with van der Waals surface area (Å²) in [6.45, 7) is 3.63. The number of tetrazole rings is 1. The van der Waals surface area contributed by atoms with Gasteiger partial charge in [-0.05, 0) is 48.5 Å². The summed E-state index contributed by atoms with van der Waals surface area (Å²) in [4.78, 5) is 11.6. The van der Waals surface area contributed by atoms with E-state index in [2.05, 4.69) is 15.5 Å². The van der Waals surface area contributed by atoms with Crippen molar-refractivity contribution in [1.29, 1.82) is 0 Å². The molecule has 88 valence electrons. The van der Waals surface area contributed by atoms with Gasteiger partial charge in [-0.15, -0.1) is 5.10 Å². The highest BCUT2D eigenvalue weighted by Gasteiger charge is 2.09. The molecule has 0 spiro atoms. The van der Waals surface area contributed by atoms with Crippen LogP contribution in [0.5, 0.6) is 0 Å². The van der Waals surface area contributed by atoms with Crippen LogP contribution in [0.3, 0.4) is 0 Å². The minimum Gasteiger partial charge on any atom is -0.459 e. The molecule has 0 unspecified atom stereocenters. The Morgan fingerprint density at radius 2 is 2.00 bits per heavy atom. The molecule has 0 aliphatic carbocycles. The van der Waals surface area contributed by atoms with Crippen LogP contribution in [0.4, 0.5) is 0 Å². The SMILES string of the molecule is CC(C)OC(=O)c1ccc(-n2cnnn2)cc1. The molecule has 1 aromatic heterocycles. The Morgan fingerprint density at radius 3 is 2.53 bits per heavy atom. The van der Waals surface area contributed by atoms with Crippen molar-refractivity contribution in [1.82, 2.24) is 20.2 Å². The number of ether oxygens (including phenoxy) is 1. The lowest BCUT2D eigenvalue weighted by Gasteiger charge is -2.07. The van der Waals surface area contributed by atoms with E-state index in [1.54, 1.807) is 24.3 Å². The molecule has 0 saturated carbocycles. The smallest absolute Gasteiger partial charge is 0.338 e. The Hall–Kier alpha value is -2.24. The minimum absolute atomic E-state index is 0.123. The van der Waals surface area contributed by atoms with Gasteiger partial charge in [0.25, 0.3) is 0 Å². The second kappa shape index (κ2) is 4.73. The van der Waals surface area contributed by atoms with Gasteiger partial charge in [0.2, 0.25) is 0 Å². The quantitative estimate of drug-likeness (QED) is 0.744. The van der Waals surface area contributed by atoms with Gasteiger partial charge in [0.1, 0.15) is 6.33 Å². The highest BCUT2D eigenvalue weighted by molar-refractivity contribution is 5.89. The van der Waals surface area contributed by atoms with E-state index >= 15 is 0 Å². The Bertz CT molecular complexity index is 491. The molecular weight excluding hydrogens is 220 g/mol. The van der Waals surface area contributed by atoms with E-state index < -0.39 is 0 Å². The third kappa shape index (κ3) is 2.66. The predicted octanol–water partition coefficient (Wildman–Crippen LogP) is 1.23. The number of nitrogens with zero attached hydrogens (tertiary/aromatic N) is 4. The molecule has 0 fully saturated rings. The van der Waals surface area contributed by atoms with Crippen molar-refractivity contribution >= 4 is 5.97 Å². The van der Waals surface area contributed by atoms with Gasteiger partial charge in [-0.3, -0.25) is 0 Å². The maximum absolute atomic E-state index is 11.6. The summed E-state index contributed by atoms with van der Waals surface area (Å²) in [5.41, 5.74) is 1.30. The molecule has 17 heavy (non-hydrogen) atoms. The van der Waals surface area contributed by atoms with E-state index in [-0.39, 0.29) is 12.1 Å². The minimum atomic E-state index is -0.330. The molecule has 6 heteroatoms. The highest BCUT2D eigenvalue weighted by Crippen LogP contribution is 2.09. The second-order valence-electron chi connectivity index (χ2n) is 3.76. The van der Waals surface area contributed by atoms with E-state index in [9.17, 15) is 4.79 Å². The molecule has 0 radical (unpaired) electrons. The summed E-state index contributed by atoms with van der Waals surface area (Å²) in [5.74, 6) is -0.330. The zero-order valence-corrected chi connectivity index (χ0v) is 9.57. The summed E-state index contributed by atoms with van der Waals surface area (Å²) in [6.07, 6.45) is 1.36. The maximum atomic E-state index is 11.6. The number of hydrogen-bond donors (Lipinski definition) is 0. The average Bonchev–Trinajstić information content (AvgIpc) is 2.82. The van der Waals surface area contributed by atoms with Crippen LogP contribution in [-0.2, 0) is 4.74 Å². The Morgan fingerprint density at radius 1 is 1.29 bits per heavy atom. The second-order valence-corrected chi connectivity index (χ2v) is 3.76. The summed E-state index contributed by atoms with van der Waals surface area (Å²) >= 11 is 0. The molecule has 0 amide bonds. The number of benzene rings is 1. The number of carbonyl (C=O) groups is 1. The normalized spacial score (nSPS) is 10.5. The summed E-state index contributed by atoms with van der Waals surface area (Å²) in [6, 6.07) is 6.88. The molecule has 1 aromatic carbocycles. The van der Waals surface area contributed by atoms with Crippen LogP contribution >= 0.6 is 0 Å². The van der Waals surface area contributed by atoms with Crippen LogP contribution in [0.1, 0.15) is 24.2 Å². The molecule has 0 N–H and O–H groups in total. The fourth-order valence-electron chi connectivity index (χ4n) is 1.31. The number of rotatable bonds is 3. The van der Waals surface area contributed by atoms with Gasteiger partial charge in [0.05, 0.1) is 17.4 Å². The van der Waals surface area contributed by atoms with Crippen molar-refractivity contribution in [3.05, 3.63) is 36.2 Å². The van der Waals surface area contributed by atoms with Gasteiger partial charge in [-0.2, -0.15) is 0 Å². The molecular formula is C11H12N4O2. The first-order valence-corrected chi connectivity index (χ1v) is 5.21. The van der Waals surface area contributed by atoms with Crippen LogP contribution in [0.25, 0.3) is 5.69 Å². The lowest BCUT2D eigenvalue weighted by atomic mass is 10.2. The summed E-state index contributed by atoms with van der Waals surface area (Å²) in [7, 11) is 0. The molecule has 2 aromatic rings. The predicted molar refractivity (Wildman–Crippen MR) is 59.7 cm³/mol. The molecule has 1 heterocycles. The third-order valence-electron chi connectivity index (χ3n) is 2.06. The van der Waals surface area contributed by atoms with Crippen molar-refractivity contribution < 1.29 is 9.53 Å². The zero-order valence-electron chi connectivity index (χ0n) is 9.57. The van der Waals surface area contributed by atoms with Crippen molar-refractivity contribution in [2.45, 2.75) is 20.0 Å². The summed E-state index contributed by atoms with van der Waals surface area (Å²) < 4.78 is 6.59. The Kier molecular flexibility index (Phi) is 3.13. The zero-order chi connectivity index (χ0) is 12.3. The number of hydrogen-bond acceptors (Lipinski definition) is 5. The number of esters is 1. The Labute approximate surface area is 98.2 Å². The first-order valence-electron chi connectivity index (χ1n) is 5.21. The summed E-state index contributed by atoms with van der Waals surface area (Å²) in [5, 5.41) is 10.8. The molecule has 0 atom stereocenters. The van der Waals surface area contributed by atoms with Crippen LogP contribution in [-0.4, -0.2) is 32.3 Å². The van der Waals surface area contributed by atoms with Gasteiger partial charge in [0, 0.05) is 0 Å². The fraction of sp³-hybridized carbons (Fsp3) is 0.273. The van der Waals surface area contributed by atoms with Crippen molar-refractivity contribution in [3.8, 4) is 5.69 Å². The van der Waals surface area contributed by atoms with Gasteiger partial charge in [-0.25, -0.2) is 9.48 Å². The molecule has 0 aliphatic heterocycles. The third-order valence-corrected chi connectivity index (χ3v) is 2.06. The van der Waals surface area contributed by atoms with Gasteiger partial charge in [0.15, 0.2) is 0 Å².